The molecule has 0 aliphatic carbocycles. The monoisotopic (exact) mass is 791 g/mol. The molecule has 0 aliphatic heterocycles. The molecule has 0 saturated carbocycles. The Hall–Kier alpha value is -5.31. The van der Waals surface area contributed by atoms with E-state index in [9.17, 15) is 45.1 Å². The van der Waals surface area contributed by atoms with Crippen molar-refractivity contribution in [2.45, 2.75) is 16.3 Å². The van der Waals surface area contributed by atoms with Crippen molar-refractivity contribution in [1.82, 2.24) is 5.32 Å². The Balaban J connectivity index is 1.39. The number of alkyl halides is 3. The normalized spacial score (nSPS) is 12.2. The van der Waals surface area contributed by atoms with Crippen molar-refractivity contribution in [2.75, 3.05) is 10.6 Å². The highest BCUT2D eigenvalue weighted by atomic mass is 35.5. The van der Waals surface area contributed by atoms with Gasteiger partial charge in [0.05, 0.1) is 0 Å². The number of anilines is 2. The average Bonchev–Trinajstić information content (AvgIpc) is 3.13. The molecule has 0 fully saturated rings. The third-order valence-corrected chi connectivity index (χ3v) is 9.24. The SMILES string of the molecule is O=C(Nc1ccc(SC(C(=O)Nc2c(F)c(F)c(C(F)(F)F)c(F)c2F)c2ccccc2)cc1)/C(=C/c1c(Cl)cccc1Cl)NC(=O)c1ccccc1. The van der Waals surface area contributed by atoms with Crippen molar-refractivity contribution in [3.8, 4) is 0 Å². The molecule has 0 radical (unpaired) electrons. The Morgan fingerprint density at radius 3 is 1.77 bits per heavy atom. The number of amides is 3. The van der Waals surface area contributed by atoms with Gasteiger partial charge in [0.1, 0.15) is 22.2 Å². The molecule has 0 heterocycles. The fourth-order valence-corrected chi connectivity index (χ4v) is 6.30. The second-order valence-corrected chi connectivity index (χ2v) is 12.9. The van der Waals surface area contributed by atoms with Gasteiger partial charge in [0.2, 0.25) is 5.91 Å². The number of hydrogen-bond acceptors (Lipinski definition) is 4. The first-order valence-electron chi connectivity index (χ1n) is 15.0. The van der Waals surface area contributed by atoms with Gasteiger partial charge in [-0.3, -0.25) is 14.4 Å². The Bertz CT molecular complexity index is 2160. The minimum absolute atomic E-state index is 0.203. The molecule has 0 saturated heterocycles. The summed E-state index contributed by atoms with van der Waals surface area (Å²) in [5, 5.41) is 5.93. The molecule has 16 heteroatoms. The van der Waals surface area contributed by atoms with E-state index in [1.165, 1.54) is 54.6 Å². The number of rotatable bonds is 10. The lowest BCUT2D eigenvalue weighted by molar-refractivity contribution is -0.143. The van der Waals surface area contributed by atoms with Gasteiger partial charge in [-0.1, -0.05) is 77.8 Å². The van der Waals surface area contributed by atoms with E-state index in [0.717, 1.165) is 11.8 Å². The molecule has 5 aromatic rings. The van der Waals surface area contributed by atoms with Crippen LogP contribution in [-0.2, 0) is 15.8 Å². The Kier molecular flexibility index (Phi) is 12.2. The standard InChI is InChI=1S/C37H22Cl2F7N3O3S/c38-24-12-7-13-25(39)23(24)18-26(48-34(50)20-10-5-2-6-11-20)35(51)47-21-14-16-22(17-15-21)53-33(19-8-3-1-4-9-19)36(52)49-32-30(42)28(40)27(37(44,45)46)29(41)31(32)43/h1-18,33H,(H,47,51)(H,48,50)(H,49,52)/b26-18-. The van der Waals surface area contributed by atoms with E-state index in [4.69, 9.17) is 23.2 Å². The fraction of sp³-hybridized carbons (Fsp3) is 0.0541. The van der Waals surface area contributed by atoms with E-state index in [2.05, 4.69) is 10.6 Å². The Labute approximate surface area is 311 Å². The third-order valence-electron chi connectivity index (χ3n) is 7.32. The zero-order valence-corrected chi connectivity index (χ0v) is 28.8. The summed E-state index contributed by atoms with van der Waals surface area (Å²) in [6.45, 7) is 0. The molecular formula is C37H22Cl2F7N3O3S. The van der Waals surface area contributed by atoms with Crippen LogP contribution in [0.15, 0.2) is 114 Å². The highest BCUT2D eigenvalue weighted by Gasteiger charge is 2.43. The summed E-state index contributed by atoms with van der Waals surface area (Å²) >= 11 is 13.4. The third kappa shape index (κ3) is 9.20. The van der Waals surface area contributed by atoms with Crippen LogP contribution >= 0.6 is 35.0 Å². The van der Waals surface area contributed by atoms with Gasteiger partial charge in [0.15, 0.2) is 23.3 Å². The number of nitrogens with one attached hydrogen (secondary N) is 3. The average molecular weight is 793 g/mol. The molecule has 53 heavy (non-hydrogen) atoms. The highest BCUT2D eigenvalue weighted by Crippen LogP contribution is 2.41. The number of carbonyl (C=O) groups is 3. The summed E-state index contributed by atoms with van der Waals surface area (Å²) in [7, 11) is 0. The van der Waals surface area contributed by atoms with Crippen molar-refractivity contribution in [3.63, 3.8) is 0 Å². The van der Waals surface area contributed by atoms with E-state index < -0.39 is 63.7 Å². The molecule has 6 nitrogen and oxygen atoms in total. The molecule has 5 rings (SSSR count). The summed E-state index contributed by atoms with van der Waals surface area (Å²) < 4.78 is 97.0. The van der Waals surface area contributed by atoms with Crippen molar-refractivity contribution >= 4 is 70.1 Å². The Morgan fingerprint density at radius 1 is 0.679 bits per heavy atom. The summed E-state index contributed by atoms with van der Waals surface area (Å²) in [6, 6.07) is 26.1. The highest BCUT2D eigenvalue weighted by molar-refractivity contribution is 8.00. The predicted molar refractivity (Wildman–Crippen MR) is 188 cm³/mol. The maximum Gasteiger partial charge on any atom is 0.422 e. The second kappa shape index (κ2) is 16.6. The van der Waals surface area contributed by atoms with Crippen LogP contribution in [0.5, 0.6) is 0 Å². The molecule has 0 bridgehead atoms. The maximum atomic E-state index is 14.6. The number of halogens is 9. The van der Waals surface area contributed by atoms with Crippen LogP contribution in [0.3, 0.4) is 0 Å². The van der Waals surface area contributed by atoms with Gasteiger partial charge in [-0.25, -0.2) is 17.6 Å². The lowest BCUT2D eigenvalue weighted by Crippen LogP contribution is -2.30. The minimum Gasteiger partial charge on any atom is -0.321 e. The summed E-state index contributed by atoms with van der Waals surface area (Å²) in [4.78, 5) is 40.1. The summed E-state index contributed by atoms with van der Waals surface area (Å²) in [5.41, 5.74) is -3.75. The molecule has 3 amide bonds. The molecule has 5 aromatic carbocycles. The molecule has 0 aromatic heterocycles. The van der Waals surface area contributed by atoms with Gasteiger partial charge in [0, 0.05) is 31.8 Å². The van der Waals surface area contributed by atoms with Gasteiger partial charge >= 0.3 is 6.18 Å². The summed E-state index contributed by atoms with van der Waals surface area (Å²) in [6.07, 6.45) is -4.46. The summed E-state index contributed by atoms with van der Waals surface area (Å²) in [5.74, 6) is -12.9. The molecule has 1 unspecified atom stereocenters. The smallest absolute Gasteiger partial charge is 0.321 e. The number of hydrogen-bond donors (Lipinski definition) is 3. The first-order valence-corrected chi connectivity index (χ1v) is 16.7. The molecule has 272 valence electrons. The lowest BCUT2D eigenvalue weighted by Gasteiger charge is -2.19. The van der Waals surface area contributed by atoms with Gasteiger partial charge in [-0.15, -0.1) is 11.8 Å². The van der Waals surface area contributed by atoms with Gasteiger partial charge in [0.25, 0.3) is 11.8 Å². The minimum atomic E-state index is -5.76. The zero-order valence-electron chi connectivity index (χ0n) is 26.5. The largest absolute Gasteiger partial charge is 0.422 e. The van der Waals surface area contributed by atoms with E-state index in [1.54, 1.807) is 59.9 Å². The number of benzene rings is 5. The molecule has 0 spiro atoms. The van der Waals surface area contributed by atoms with E-state index in [1.807, 2.05) is 0 Å². The number of thioether (sulfide) groups is 1. The zero-order chi connectivity index (χ0) is 38.4. The quantitative estimate of drug-likeness (QED) is 0.0569. The van der Waals surface area contributed by atoms with E-state index in [0.29, 0.717) is 4.90 Å². The Morgan fingerprint density at radius 2 is 1.23 bits per heavy atom. The first kappa shape index (κ1) is 38.9. The van der Waals surface area contributed by atoms with Crippen molar-refractivity contribution in [2.24, 2.45) is 0 Å². The van der Waals surface area contributed by atoms with Crippen molar-refractivity contribution in [3.05, 3.63) is 164 Å². The van der Waals surface area contributed by atoms with Gasteiger partial charge in [-0.2, -0.15) is 13.2 Å². The molecule has 3 N–H and O–H groups in total. The molecular weight excluding hydrogens is 770 g/mol. The van der Waals surface area contributed by atoms with Crippen molar-refractivity contribution in [1.29, 1.82) is 0 Å². The number of carbonyl (C=O) groups excluding carboxylic acids is 3. The molecule has 1 atom stereocenters. The van der Waals surface area contributed by atoms with Crippen LogP contribution < -0.4 is 16.0 Å². The topological polar surface area (TPSA) is 87.3 Å². The lowest BCUT2D eigenvalue weighted by atomic mass is 10.1. The van der Waals surface area contributed by atoms with E-state index in [-0.39, 0.29) is 38.1 Å². The second-order valence-electron chi connectivity index (χ2n) is 10.9. The van der Waals surface area contributed by atoms with E-state index >= 15 is 0 Å². The maximum absolute atomic E-state index is 14.6. The van der Waals surface area contributed by atoms with Crippen LogP contribution in [0.25, 0.3) is 6.08 Å². The van der Waals surface area contributed by atoms with Crippen LogP contribution in [0.1, 0.15) is 32.3 Å². The van der Waals surface area contributed by atoms with Crippen LogP contribution in [-0.4, -0.2) is 17.7 Å². The molecule has 0 aliphatic rings. The van der Waals surface area contributed by atoms with Crippen LogP contribution in [0.2, 0.25) is 10.0 Å². The van der Waals surface area contributed by atoms with Gasteiger partial charge in [-0.05, 0) is 60.2 Å². The van der Waals surface area contributed by atoms with Crippen LogP contribution in [0, 0.1) is 23.3 Å². The predicted octanol–water partition coefficient (Wildman–Crippen LogP) is 10.5. The van der Waals surface area contributed by atoms with Gasteiger partial charge < -0.3 is 16.0 Å². The van der Waals surface area contributed by atoms with Crippen molar-refractivity contribution < 1.29 is 45.1 Å². The first-order chi connectivity index (χ1) is 25.1. The van der Waals surface area contributed by atoms with Crippen LogP contribution in [0.4, 0.5) is 42.1 Å². The fourth-order valence-electron chi connectivity index (χ4n) is 4.77.